The van der Waals surface area contributed by atoms with Crippen LogP contribution in [0.15, 0.2) is 18.2 Å². The van der Waals surface area contributed by atoms with Crippen LogP contribution in [-0.2, 0) is 26.2 Å². The number of para-hydroxylation sites is 1. The maximum atomic E-state index is 11.7. The molecular weight excluding hydrogens is 284 g/mol. The molecule has 1 aromatic rings. The van der Waals surface area contributed by atoms with Crippen LogP contribution in [0.5, 0.6) is 5.75 Å². The molecule has 0 fully saturated rings. The van der Waals surface area contributed by atoms with Crippen LogP contribution in [0.25, 0.3) is 0 Å². The topological polar surface area (TPSA) is 72.8 Å². The Labute approximate surface area is 130 Å². The van der Waals surface area contributed by atoms with Crippen molar-refractivity contribution >= 4 is 11.9 Å². The third kappa shape index (κ3) is 3.08. The van der Waals surface area contributed by atoms with Crippen molar-refractivity contribution in [3.05, 3.63) is 29.3 Å². The summed E-state index contributed by atoms with van der Waals surface area (Å²) in [4.78, 5) is 23.2. The molecule has 0 amide bonds. The SMILES string of the molecule is CCOC(=O)CCc1cccc2c1OC(C)CC2(C)C(=O)O. The number of carboxylic acid groups (broad SMARTS) is 1. The molecule has 0 radical (unpaired) electrons. The van der Waals surface area contributed by atoms with E-state index in [1.165, 1.54) is 0 Å². The second-order valence-corrected chi connectivity index (χ2v) is 5.87. The smallest absolute Gasteiger partial charge is 0.314 e. The molecule has 120 valence electrons. The number of esters is 1. The second kappa shape index (κ2) is 6.38. The highest BCUT2D eigenvalue weighted by molar-refractivity contribution is 5.83. The van der Waals surface area contributed by atoms with E-state index in [0.29, 0.717) is 30.8 Å². The molecular formula is C17H22O5. The zero-order valence-corrected chi connectivity index (χ0v) is 13.2. The molecule has 5 heteroatoms. The average molecular weight is 306 g/mol. The summed E-state index contributed by atoms with van der Waals surface area (Å²) < 4.78 is 10.8. The number of aryl methyl sites for hydroxylation is 1. The van der Waals surface area contributed by atoms with Gasteiger partial charge in [0.1, 0.15) is 5.75 Å². The van der Waals surface area contributed by atoms with Crippen molar-refractivity contribution < 1.29 is 24.2 Å². The van der Waals surface area contributed by atoms with Gasteiger partial charge in [0.15, 0.2) is 0 Å². The number of ether oxygens (including phenoxy) is 2. The number of carbonyl (C=O) groups is 2. The van der Waals surface area contributed by atoms with Gasteiger partial charge in [-0.05, 0) is 32.8 Å². The van der Waals surface area contributed by atoms with Gasteiger partial charge in [0.2, 0.25) is 0 Å². The highest BCUT2D eigenvalue weighted by Gasteiger charge is 2.43. The van der Waals surface area contributed by atoms with Crippen LogP contribution in [0, 0.1) is 0 Å². The maximum Gasteiger partial charge on any atom is 0.314 e. The molecule has 0 spiro atoms. The van der Waals surface area contributed by atoms with E-state index in [1.54, 1.807) is 19.9 Å². The van der Waals surface area contributed by atoms with Crippen molar-refractivity contribution in [2.24, 2.45) is 0 Å². The molecule has 0 aliphatic carbocycles. The summed E-state index contributed by atoms with van der Waals surface area (Å²) in [6.45, 7) is 5.72. The standard InChI is InChI=1S/C17H22O5/c1-4-21-14(18)9-8-12-6-5-7-13-15(12)22-11(2)10-17(13,3)16(19)20/h5-7,11H,4,8-10H2,1-3H3,(H,19,20). The number of aliphatic carboxylic acids is 1. The number of benzene rings is 1. The normalized spacial score (nSPS) is 23.3. The lowest BCUT2D eigenvalue weighted by Gasteiger charge is -2.36. The Morgan fingerprint density at radius 1 is 1.45 bits per heavy atom. The van der Waals surface area contributed by atoms with Crippen LogP contribution >= 0.6 is 0 Å². The third-order valence-electron chi connectivity index (χ3n) is 4.08. The molecule has 0 saturated carbocycles. The minimum atomic E-state index is -0.965. The van der Waals surface area contributed by atoms with E-state index in [-0.39, 0.29) is 18.5 Å². The van der Waals surface area contributed by atoms with Crippen molar-refractivity contribution in [3.8, 4) is 5.75 Å². The van der Waals surface area contributed by atoms with Crippen LogP contribution in [0.4, 0.5) is 0 Å². The lowest BCUT2D eigenvalue weighted by Crippen LogP contribution is -2.41. The van der Waals surface area contributed by atoms with Gasteiger partial charge in [-0.3, -0.25) is 9.59 Å². The average Bonchev–Trinajstić information content (AvgIpc) is 2.45. The summed E-state index contributed by atoms with van der Waals surface area (Å²) in [5.74, 6) is -0.508. The zero-order valence-electron chi connectivity index (χ0n) is 13.2. The number of carbonyl (C=O) groups excluding carboxylic acids is 1. The first-order valence-corrected chi connectivity index (χ1v) is 7.56. The van der Waals surface area contributed by atoms with Crippen molar-refractivity contribution in [2.75, 3.05) is 6.61 Å². The highest BCUT2D eigenvalue weighted by atomic mass is 16.5. The monoisotopic (exact) mass is 306 g/mol. The van der Waals surface area contributed by atoms with E-state index in [2.05, 4.69) is 0 Å². The number of carboxylic acids is 1. The lowest BCUT2D eigenvalue weighted by atomic mass is 9.75. The van der Waals surface area contributed by atoms with Crippen LogP contribution in [0.2, 0.25) is 0 Å². The Bertz CT molecular complexity index is 580. The molecule has 5 nitrogen and oxygen atoms in total. The number of rotatable bonds is 5. The van der Waals surface area contributed by atoms with E-state index in [1.807, 2.05) is 19.1 Å². The second-order valence-electron chi connectivity index (χ2n) is 5.87. The molecule has 0 bridgehead atoms. The molecule has 0 aromatic heterocycles. The van der Waals surface area contributed by atoms with Crippen LogP contribution in [0.1, 0.15) is 44.7 Å². The molecule has 2 unspecified atom stereocenters. The third-order valence-corrected chi connectivity index (χ3v) is 4.08. The summed E-state index contributed by atoms with van der Waals surface area (Å²) >= 11 is 0. The molecule has 1 aliphatic rings. The lowest BCUT2D eigenvalue weighted by molar-refractivity contribution is -0.145. The number of hydrogen-bond acceptors (Lipinski definition) is 4. The quantitative estimate of drug-likeness (QED) is 0.847. The van der Waals surface area contributed by atoms with E-state index in [0.717, 1.165) is 5.56 Å². The summed E-state index contributed by atoms with van der Waals surface area (Å²) in [5.41, 5.74) is 0.566. The first kappa shape index (κ1) is 16.3. The number of hydrogen-bond donors (Lipinski definition) is 1. The van der Waals surface area contributed by atoms with Gasteiger partial charge in [-0.1, -0.05) is 18.2 Å². The fourth-order valence-electron chi connectivity index (χ4n) is 2.96. The van der Waals surface area contributed by atoms with Crippen molar-refractivity contribution in [2.45, 2.75) is 51.6 Å². The summed E-state index contributed by atoms with van der Waals surface area (Å²) in [6, 6.07) is 5.49. The fourth-order valence-corrected chi connectivity index (χ4v) is 2.96. The Kier molecular flexibility index (Phi) is 4.74. The molecule has 1 N–H and O–H groups in total. The summed E-state index contributed by atoms with van der Waals surface area (Å²) in [6.07, 6.45) is 0.977. The van der Waals surface area contributed by atoms with Crippen molar-refractivity contribution in [1.82, 2.24) is 0 Å². The molecule has 22 heavy (non-hydrogen) atoms. The first-order chi connectivity index (χ1) is 10.4. The zero-order chi connectivity index (χ0) is 16.3. The molecule has 1 aromatic carbocycles. The Morgan fingerprint density at radius 3 is 2.82 bits per heavy atom. The minimum Gasteiger partial charge on any atom is -0.490 e. The molecule has 1 aliphatic heterocycles. The predicted octanol–water partition coefficient (Wildman–Crippen LogP) is 2.70. The Morgan fingerprint density at radius 2 is 2.18 bits per heavy atom. The predicted molar refractivity (Wildman–Crippen MR) is 81.1 cm³/mol. The van der Waals surface area contributed by atoms with Gasteiger partial charge >= 0.3 is 11.9 Å². The van der Waals surface area contributed by atoms with Gasteiger partial charge in [-0.2, -0.15) is 0 Å². The fraction of sp³-hybridized carbons (Fsp3) is 0.529. The molecule has 2 atom stereocenters. The van der Waals surface area contributed by atoms with Gasteiger partial charge in [0, 0.05) is 18.4 Å². The molecule has 0 saturated heterocycles. The number of fused-ring (bicyclic) bond motifs is 1. The van der Waals surface area contributed by atoms with Gasteiger partial charge < -0.3 is 14.6 Å². The minimum absolute atomic E-state index is 0.183. The summed E-state index contributed by atoms with van der Waals surface area (Å²) in [7, 11) is 0. The maximum absolute atomic E-state index is 11.7. The van der Waals surface area contributed by atoms with Crippen LogP contribution in [0.3, 0.4) is 0 Å². The Balaban J connectivity index is 2.32. The Hall–Kier alpha value is -2.04. The molecule has 1 heterocycles. The largest absolute Gasteiger partial charge is 0.490 e. The van der Waals surface area contributed by atoms with Gasteiger partial charge in [-0.25, -0.2) is 0 Å². The van der Waals surface area contributed by atoms with Crippen LogP contribution < -0.4 is 4.74 Å². The van der Waals surface area contributed by atoms with Gasteiger partial charge in [-0.15, -0.1) is 0 Å². The van der Waals surface area contributed by atoms with Crippen LogP contribution in [-0.4, -0.2) is 29.8 Å². The first-order valence-electron chi connectivity index (χ1n) is 7.56. The van der Waals surface area contributed by atoms with E-state index in [4.69, 9.17) is 9.47 Å². The van der Waals surface area contributed by atoms with E-state index >= 15 is 0 Å². The van der Waals surface area contributed by atoms with Gasteiger partial charge in [0.05, 0.1) is 18.1 Å². The summed E-state index contributed by atoms with van der Waals surface area (Å²) in [5, 5.41) is 9.61. The van der Waals surface area contributed by atoms with E-state index < -0.39 is 11.4 Å². The van der Waals surface area contributed by atoms with Gasteiger partial charge in [0.25, 0.3) is 0 Å². The van der Waals surface area contributed by atoms with Crippen molar-refractivity contribution in [1.29, 1.82) is 0 Å². The van der Waals surface area contributed by atoms with E-state index in [9.17, 15) is 14.7 Å². The highest BCUT2D eigenvalue weighted by Crippen LogP contribution is 2.43. The molecule has 2 rings (SSSR count). The van der Waals surface area contributed by atoms with Crippen molar-refractivity contribution in [3.63, 3.8) is 0 Å².